The van der Waals surface area contributed by atoms with Crippen LogP contribution in [0.1, 0.15) is 304 Å². The molecular weight excluding hydrogens is 1460 g/mol. The van der Waals surface area contributed by atoms with Crippen LogP contribution in [0.5, 0.6) is 34.5 Å². The van der Waals surface area contributed by atoms with Crippen LogP contribution in [0.4, 0.5) is 0 Å². The van der Waals surface area contributed by atoms with Crippen molar-refractivity contribution in [2.75, 3.05) is 42.7 Å². The number of phosphoric acid groups is 3. The number of benzene rings is 6. The molecule has 0 aliphatic heterocycles. The van der Waals surface area contributed by atoms with E-state index in [1.807, 2.05) is 275 Å². The van der Waals surface area contributed by atoms with E-state index in [4.69, 9.17) is 57.8 Å². The summed E-state index contributed by atoms with van der Waals surface area (Å²) in [6.45, 7) is 48.5. The maximum Gasteiger partial charge on any atom is 3.00 e. The summed E-state index contributed by atoms with van der Waals surface area (Å²) in [4.78, 5) is 39.2. The monoisotopic (exact) mass is 1580 g/mol. The fourth-order valence-electron chi connectivity index (χ4n) is 10.3. The van der Waals surface area contributed by atoms with Gasteiger partial charge in [0.1, 0.15) is 34.5 Å². The Morgan fingerprint density at radius 3 is 0.340 bits per heavy atom. The van der Waals surface area contributed by atoms with Crippen molar-refractivity contribution in [3.63, 3.8) is 0 Å². The largest absolute Gasteiger partial charge is 3.00 e. The first-order valence-electron chi connectivity index (χ1n) is 33.9. The molecule has 22 heteroatoms. The molecular formula is C78H126CeO18P3. The Morgan fingerprint density at radius 2 is 0.280 bits per heavy atom. The molecule has 100 heavy (non-hydrogen) atoms. The van der Waals surface area contributed by atoms with Crippen LogP contribution in [-0.4, -0.2) is 73.3 Å². The van der Waals surface area contributed by atoms with E-state index < -0.39 is 23.5 Å². The molecule has 1 radical (unpaired) electrons. The van der Waals surface area contributed by atoms with Gasteiger partial charge in [0, 0.05) is 42.7 Å². The second kappa shape index (κ2) is 51.1. The zero-order valence-corrected chi connectivity index (χ0v) is 71.6. The molecule has 0 aliphatic carbocycles. The van der Waals surface area contributed by atoms with Crippen LogP contribution in [0.15, 0.2) is 109 Å². The van der Waals surface area contributed by atoms with Crippen LogP contribution < -0.4 is 41.8 Å². The zero-order chi connectivity index (χ0) is 77.8. The molecule has 0 bridgehead atoms. The van der Waals surface area contributed by atoms with Gasteiger partial charge in [-0.15, -0.1) is 0 Å². The molecule has 0 spiro atoms. The Labute approximate surface area is 636 Å². The van der Waals surface area contributed by atoms with Crippen molar-refractivity contribution in [2.45, 2.75) is 237 Å². The van der Waals surface area contributed by atoms with E-state index >= 15 is 0 Å². The van der Waals surface area contributed by atoms with Crippen molar-refractivity contribution in [3.8, 4) is 34.5 Å². The van der Waals surface area contributed by atoms with Gasteiger partial charge < -0.3 is 72.5 Å². The Bertz CT molecular complexity index is 2660. The molecule has 0 unspecified atom stereocenters. The van der Waals surface area contributed by atoms with E-state index in [2.05, 4.69) is 0 Å². The van der Waals surface area contributed by atoms with Gasteiger partial charge in [-0.05, 0) is 138 Å². The van der Waals surface area contributed by atoms with Crippen LogP contribution in [0.25, 0.3) is 0 Å². The summed E-state index contributed by atoms with van der Waals surface area (Å²) in [7, 11) is -7.96. The minimum absolute atomic E-state index is 0. The standard InChI is InChI=1S/3C24H35O4P.6CH4O.Ce/c3*1-15(2)19-11-9-12-20(16(3)4)23(19)27-29(25,26)28-24-21(17(5)6)13-10-14-22(24)18(7)8;6*1-2;/h3*9-18H,1-8H3,(H,25,26);6*2H,1H3;/q;;;;;;;;;+3/p-3. The van der Waals surface area contributed by atoms with Crippen molar-refractivity contribution in [3.05, 3.63) is 176 Å². The first-order valence-corrected chi connectivity index (χ1v) is 38.3. The van der Waals surface area contributed by atoms with Gasteiger partial charge in [0.15, 0.2) is 0 Å². The third kappa shape index (κ3) is 32.5. The molecule has 0 saturated heterocycles. The molecule has 0 fully saturated rings. The van der Waals surface area contributed by atoms with Gasteiger partial charge in [0.2, 0.25) is 0 Å². The van der Waals surface area contributed by atoms with Gasteiger partial charge in [-0.2, -0.15) is 0 Å². The predicted octanol–water partition coefficient (Wildman–Crippen LogP) is 19.0. The fraction of sp³-hybridized carbons (Fsp3) is 0.538. The Morgan fingerprint density at radius 1 is 0.210 bits per heavy atom. The molecule has 18 nitrogen and oxygen atoms in total. The Kier molecular flexibility index (Phi) is 52.2. The summed E-state index contributed by atoms with van der Waals surface area (Å²) in [6, 6.07) is 34.6. The Hall–Kier alpha value is -4.17. The second-order valence-electron chi connectivity index (χ2n) is 26.3. The van der Waals surface area contributed by atoms with E-state index in [0.29, 0.717) is 34.5 Å². The molecule has 0 aliphatic rings. The molecule has 6 rings (SSSR count). The minimum Gasteiger partial charge on any atom is -0.736 e. The third-order valence-corrected chi connectivity index (χ3v) is 17.6. The van der Waals surface area contributed by atoms with Gasteiger partial charge in [-0.1, -0.05) is 275 Å². The van der Waals surface area contributed by atoms with Crippen molar-refractivity contribution < 1.29 is 128 Å². The van der Waals surface area contributed by atoms with E-state index in [0.717, 1.165) is 109 Å². The summed E-state index contributed by atoms with van der Waals surface area (Å²) in [5.41, 5.74) is 10.3. The SMILES string of the molecule is CC(C)c1cccc(C(C)C)c1OP(=O)([O-])Oc1c(C(C)C)cccc1C(C)C.CC(C)c1cccc(C(C)C)c1OP(=O)([O-])Oc1c(C(C)C)cccc1C(C)C.CC(C)c1cccc(C(C)C)c1OP(=O)([O-])Oc1c(C(C)C)cccc1C(C)C.CO.CO.CO.CO.CO.CO.[Ce+3]. The zero-order valence-electron chi connectivity index (χ0n) is 65.7. The average Bonchev–Trinajstić information content (AvgIpc) is 0.805. The molecule has 6 aromatic rings. The Balaban J connectivity index is -0.000000638. The van der Waals surface area contributed by atoms with E-state index in [1.165, 1.54) is 0 Å². The third-order valence-electron chi connectivity index (χ3n) is 15.1. The molecule has 0 atom stereocenters. The first-order chi connectivity index (χ1) is 46.3. The van der Waals surface area contributed by atoms with Crippen LogP contribution in [0.3, 0.4) is 0 Å². The number of aliphatic hydroxyl groups excluding tert-OH is 6. The molecule has 0 aromatic heterocycles. The number of hydrogen-bond acceptors (Lipinski definition) is 18. The molecule has 565 valence electrons. The number of phosphoric ester groups is 3. The van der Waals surface area contributed by atoms with Crippen LogP contribution >= 0.6 is 23.5 Å². The molecule has 6 aromatic carbocycles. The summed E-state index contributed by atoms with van der Waals surface area (Å²) in [5, 5.41) is 42.0. The second-order valence-corrected chi connectivity index (χ2v) is 30.1. The van der Waals surface area contributed by atoms with Gasteiger partial charge >= 0.3 is 65.2 Å². The normalized spacial score (nSPS) is 11.1. The first kappa shape index (κ1) is 102. The molecule has 6 N–H and O–H groups in total. The quantitative estimate of drug-likeness (QED) is 0.0307. The summed E-state index contributed by atoms with van der Waals surface area (Å²) < 4.78 is 73.0. The number of aliphatic hydroxyl groups is 6. The smallest absolute Gasteiger partial charge is 0.736 e. The van der Waals surface area contributed by atoms with E-state index in [1.54, 1.807) is 0 Å². The minimum atomic E-state index is -4.65. The van der Waals surface area contributed by atoms with Gasteiger partial charge in [-0.3, -0.25) is 0 Å². The fourth-order valence-corrected chi connectivity index (χ4v) is 13.0. The summed E-state index contributed by atoms with van der Waals surface area (Å²) in [6.07, 6.45) is 0. The van der Waals surface area contributed by atoms with Gasteiger partial charge in [-0.25, -0.2) is 13.7 Å². The average molecular weight is 1580 g/mol. The van der Waals surface area contributed by atoms with Crippen LogP contribution in [0, 0.1) is 41.7 Å². The van der Waals surface area contributed by atoms with E-state index in [-0.39, 0.29) is 113 Å². The van der Waals surface area contributed by atoms with Crippen molar-refractivity contribution in [1.29, 1.82) is 0 Å². The molecule has 0 heterocycles. The van der Waals surface area contributed by atoms with E-state index in [9.17, 15) is 28.4 Å². The van der Waals surface area contributed by atoms with Crippen molar-refractivity contribution in [2.24, 2.45) is 0 Å². The summed E-state index contributed by atoms with van der Waals surface area (Å²) >= 11 is 0. The number of para-hydroxylation sites is 6. The van der Waals surface area contributed by atoms with Crippen molar-refractivity contribution >= 4 is 23.5 Å². The van der Waals surface area contributed by atoms with Crippen LogP contribution in [-0.2, 0) is 13.7 Å². The topological polar surface area (TPSA) is 297 Å². The number of rotatable bonds is 24. The maximum absolute atomic E-state index is 13.1. The molecule has 0 amide bonds. The van der Waals surface area contributed by atoms with Crippen molar-refractivity contribution in [1.82, 2.24) is 0 Å². The van der Waals surface area contributed by atoms with Gasteiger partial charge in [0.05, 0.1) is 0 Å². The number of hydrogen-bond donors (Lipinski definition) is 6. The van der Waals surface area contributed by atoms with Gasteiger partial charge in [0.25, 0.3) is 0 Å². The summed E-state index contributed by atoms with van der Waals surface area (Å²) in [5.74, 6) is 3.83. The maximum atomic E-state index is 13.1. The predicted molar refractivity (Wildman–Crippen MR) is 403 cm³/mol. The van der Waals surface area contributed by atoms with Crippen LogP contribution in [0.2, 0.25) is 0 Å². The molecule has 0 saturated carbocycles.